The van der Waals surface area contributed by atoms with Crippen LogP contribution >= 0.6 is 35.7 Å². The third-order valence-electron chi connectivity index (χ3n) is 4.25. The van der Waals surface area contributed by atoms with Crippen LogP contribution in [0.1, 0.15) is 46.0 Å². The Bertz CT molecular complexity index is 665. The van der Waals surface area contributed by atoms with Gasteiger partial charge in [-0.2, -0.15) is 11.8 Å². The molecule has 1 nitrogen and oxygen atoms in total. The maximum absolute atomic E-state index is 5.61. The maximum atomic E-state index is 5.61. The van der Waals surface area contributed by atoms with Gasteiger partial charge in [0.1, 0.15) is 5.58 Å². The summed E-state index contributed by atoms with van der Waals surface area (Å²) in [6.45, 7) is 4.64. The Morgan fingerprint density at radius 1 is 1.08 bits per heavy atom. The zero-order valence-corrected chi connectivity index (χ0v) is 17.2. The first kappa shape index (κ1) is 19.9. The van der Waals surface area contributed by atoms with E-state index in [-0.39, 0.29) is 0 Å². The van der Waals surface area contributed by atoms with Crippen molar-refractivity contribution < 1.29 is 4.42 Å². The van der Waals surface area contributed by atoms with Gasteiger partial charge < -0.3 is 4.42 Å². The van der Waals surface area contributed by atoms with Crippen molar-refractivity contribution in [1.82, 2.24) is 0 Å². The van der Waals surface area contributed by atoms with Crippen LogP contribution in [-0.2, 0) is 0 Å². The summed E-state index contributed by atoms with van der Waals surface area (Å²) in [5.74, 6) is 4.67. The van der Waals surface area contributed by atoms with E-state index in [9.17, 15) is 0 Å². The highest BCUT2D eigenvalue weighted by Gasteiger charge is 2.04. The summed E-state index contributed by atoms with van der Waals surface area (Å²) >= 11 is 9.26. The summed E-state index contributed by atoms with van der Waals surface area (Å²) in [6, 6.07) is 10.2. The fourth-order valence-corrected chi connectivity index (χ4v) is 5.00. The summed E-state index contributed by atoms with van der Waals surface area (Å²) in [5.41, 5.74) is 0.894. The molecule has 0 aliphatic carbocycles. The Morgan fingerprint density at radius 3 is 2.71 bits per heavy atom. The van der Waals surface area contributed by atoms with E-state index in [0.29, 0.717) is 4.71 Å². The quantitative estimate of drug-likeness (QED) is 0.226. The van der Waals surface area contributed by atoms with E-state index in [1.165, 1.54) is 53.9 Å². The van der Waals surface area contributed by atoms with Crippen LogP contribution in [0.4, 0.5) is 0 Å². The summed E-state index contributed by atoms with van der Waals surface area (Å²) < 4.78 is 6.19. The van der Waals surface area contributed by atoms with Gasteiger partial charge >= 0.3 is 0 Å². The second kappa shape index (κ2) is 11.2. The van der Waals surface area contributed by atoms with Gasteiger partial charge in [-0.1, -0.05) is 44.9 Å². The average Bonchev–Trinajstić information content (AvgIpc) is 2.59. The monoisotopic (exact) mass is 380 g/mol. The standard InChI is InChI=1S/C20H28OS3/c1-3-16(2)11-14-23-12-7-4-8-13-24-19-15-20(22)21-18-10-6-5-9-17(18)19/h5-6,9-10,15-16H,3-4,7-8,11-14H2,1-2H3. The number of benzene rings is 1. The lowest BCUT2D eigenvalue weighted by Crippen LogP contribution is -1.94. The summed E-state index contributed by atoms with van der Waals surface area (Å²) in [7, 11) is 0. The number of hydrogen-bond donors (Lipinski definition) is 0. The van der Waals surface area contributed by atoms with Crippen LogP contribution in [0.3, 0.4) is 0 Å². The zero-order valence-electron chi connectivity index (χ0n) is 14.8. The molecular formula is C20H28OS3. The molecule has 0 amide bonds. The number of para-hydroxylation sites is 1. The van der Waals surface area contributed by atoms with Gasteiger partial charge in [0.2, 0.25) is 0 Å². The Hall–Kier alpha value is -0.450. The average molecular weight is 381 g/mol. The molecule has 0 N–H and O–H groups in total. The lowest BCUT2D eigenvalue weighted by atomic mass is 10.1. The third-order valence-corrected chi connectivity index (χ3v) is 6.70. The number of thioether (sulfide) groups is 2. The molecule has 0 aliphatic heterocycles. The first-order chi connectivity index (χ1) is 11.7. The fraction of sp³-hybridized carbons (Fsp3) is 0.550. The van der Waals surface area contributed by atoms with E-state index in [1.54, 1.807) is 0 Å². The molecule has 0 saturated heterocycles. The van der Waals surface area contributed by atoms with Gasteiger partial charge in [-0.25, -0.2) is 0 Å². The molecule has 4 heteroatoms. The molecule has 0 aliphatic rings. The van der Waals surface area contributed by atoms with E-state index in [2.05, 4.69) is 37.7 Å². The molecule has 1 atom stereocenters. The molecule has 1 unspecified atom stereocenters. The number of hydrogen-bond acceptors (Lipinski definition) is 4. The SMILES string of the molecule is CCC(C)CCSCCCCCSc1cc(=S)oc2ccccc12. The lowest BCUT2D eigenvalue weighted by molar-refractivity contribution is 0.548. The molecule has 132 valence electrons. The molecule has 2 rings (SSSR count). The Labute approximate surface area is 160 Å². The van der Waals surface area contributed by atoms with Crippen LogP contribution in [0.2, 0.25) is 0 Å². The van der Waals surface area contributed by atoms with E-state index >= 15 is 0 Å². The van der Waals surface area contributed by atoms with Crippen LogP contribution in [-0.4, -0.2) is 17.3 Å². The largest absolute Gasteiger partial charge is 0.445 e. The zero-order chi connectivity index (χ0) is 17.2. The van der Waals surface area contributed by atoms with Gasteiger partial charge in [0.15, 0.2) is 4.71 Å². The topological polar surface area (TPSA) is 13.1 Å². The van der Waals surface area contributed by atoms with E-state index < -0.39 is 0 Å². The molecule has 0 spiro atoms. The van der Waals surface area contributed by atoms with Crippen LogP contribution in [0.5, 0.6) is 0 Å². The van der Waals surface area contributed by atoms with E-state index in [4.69, 9.17) is 16.6 Å². The molecule has 0 fully saturated rings. The first-order valence-corrected chi connectivity index (χ1v) is 11.5. The van der Waals surface area contributed by atoms with Crippen molar-refractivity contribution in [1.29, 1.82) is 0 Å². The summed E-state index contributed by atoms with van der Waals surface area (Å²) in [6.07, 6.45) is 6.60. The van der Waals surface area contributed by atoms with Crippen molar-refractivity contribution in [2.24, 2.45) is 5.92 Å². The molecule has 1 heterocycles. The van der Waals surface area contributed by atoms with Gasteiger partial charge in [-0.05, 0) is 60.7 Å². The minimum absolute atomic E-state index is 0.578. The number of fused-ring (bicyclic) bond motifs is 1. The van der Waals surface area contributed by atoms with Gasteiger partial charge in [-0.3, -0.25) is 0 Å². The van der Waals surface area contributed by atoms with Crippen LogP contribution in [0.15, 0.2) is 39.6 Å². The minimum Gasteiger partial charge on any atom is -0.445 e. The van der Waals surface area contributed by atoms with Gasteiger partial charge in [-0.15, -0.1) is 11.8 Å². The predicted octanol–water partition coefficient (Wildman–Crippen LogP) is 7.59. The van der Waals surface area contributed by atoms with Crippen molar-refractivity contribution in [3.63, 3.8) is 0 Å². The molecule has 2 aromatic rings. The molecule has 0 radical (unpaired) electrons. The number of rotatable bonds is 11. The lowest BCUT2D eigenvalue weighted by Gasteiger charge is -2.07. The normalized spacial score (nSPS) is 12.6. The van der Waals surface area contributed by atoms with Crippen LogP contribution < -0.4 is 0 Å². The first-order valence-electron chi connectivity index (χ1n) is 8.94. The second-order valence-electron chi connectivity index (χ2n) is 6.25. The minimum atomic E-state index is 0.578. The van der Waals surface area contributed by atoms with Crippen molar-refractivity contribution in [2.75, 3.05) is 17.3 Å². The predicted molar refractivity (Wildman–Crippen MR) is 113 cm³/mol. The van der Waals surface area contributed by atoms with Gasteiger partial charge in [0.05, 0.1) is 0 Å². The molecule has 1 aromatic heterocycles. The van der Waals surface area contributed by atoms with Crippen LogP contribution in [0, 0.1) is 10.6 Å². The Balaban J connectivity index is 1.64. The summed E-state index contributed by atoms with van der Waals surface area (Å²) in [4.78, 5) is 1.25. The number of unbranched alkanes of at least 4 members (excludes halogenated alkanes) is 2. The van der Waals surface area contributed by atoms with Crippen molar-refractivity contribution >= 4 is 46.7 Å². The molecule has 0 saturated carbocycles. The van der Waals surface area contributed by atoms with Gasteiger partial charge in [0, 0.05) is 16.3 Å². The van der Waals surface area contributed by atoms with E-state index in [0.717, 1.165) is 17.3 Å². The highest BCUT2D eigenvalue weighted by molar-refractivity contribution is 7.99. The van der Waals surface area contributed by atoms with Crippen molar-refractivity contribution in [3.05, 3.63) is 35.0 Å². The highest BCUT2D eigenvalue weighted by atomic mass is 32.2. The van der Waals surface area contributed by atoms with Crippen molar-refractivity contribution in [3.8, 4) is 0 Å². The highest BCUT2D eigenvalue weighted by Crippen LogP contribution is 2.29. The molecule has 24 heavy (non-hydrogen) atoms. The summed E-state index contributed by atoms with van der Waals surface area (Å²) in [5, 5.41) is 1.18. The molecule has 1 aromatic carbocycles. The smallest absolute Gasteiger partial charge is 0.191 e. The Morgan fingerprint density at radius 2 is 1.88 bits per heavy atom. The van der Waals surface area contributed by atoms with Crippen molar-refractivity contribution in [2.45, 2.75) is 50.8 Å². The fourth-order valence-electron chi connectivity index (χ4n) is 2.46. The molecule has 0 bridgehead atoms. The molecular weight excluding hydrogens is 352 g/mol. The second-order valence-corrected chi connectivity index (χ2v) is 9.01. The van der Waals surface area contributed by atoms with Crippen LogP contribution in [0.25, 0.3) is 11.0 Å². The van der Waals surface area contributed by atoms with Gasteiger partial charge in [0.25, 0.3) is 0 Å². The maximum Gasteiger partial charge on any atom is 0.191 e. The third kappa shape index (κ3) is 6.81. The Kier molecular flexibility index (Phi) is 9.29. The van der Waals surface area contributed by atoms with E-state index in [1.807, 2.05) is 30.0 Å².